The van der Waals surface area contributed by atoms with E-state index in [-0.39, 0.29) is 6.10 Å². The van der Waals surface area contributed by atoms with E-state index in [9.17, 15) is 5.11 Å². The van der Waals surface area contributed by atoms with E-state index in [2.05, 4.69) is 34.1 Å². The molecule has 0 spiro atoms. The minimum atomic E-state index is -0.162. The number of aliphatic hydroxyl groups is 1. The first kappa shape index (κ1) is 17.9. The number of rotatable bonds is 4. The van der Waals surface area contributed by atoms with Gasteiger partial charge in [-0.15, -0.1) is 0 Å². The fraction of sp³-hybridized carbons (Fsp3) is 0.304. The van der Waals surface area contributed by atoms with Crippen molar-refractivity contribution in [2.75, 3.05) is 24.6 Å². The predicted molar refractivity (Wildman–Crippen MR) is 115 cm³/mol. The van der Waals surface area contributed by atoms with Crippen molar-refractivity contribution < 1.29 is 9.84 Å². The van der Waals surface area contributed by atoms with Gasteiger partial charge in [-0.25, -0.2) is 9.97 Å². The summed E-state index contributed by atoms with van der Waals surface area (Å²) in [5, 5.41) is 10.8. The summed E-state index contributed by atoms with van der Waals surface area (Å²) in [6.07, 6.45) is 3.30. The Hall–Kier alpha value is -3.12. The van der Waals surface area contributed by atoms with Gasteiger partial charge in [-0.1, -0.05) is 0 Å². The number of nitrogens with zero attached hydrogens (tertiary/aromatic N) is 4. The zero-order valence-electron chi connectivity index (χ0n) is 16.5. The topological polar surface area (TPSA) is 63.4 Å². The maximum atomic E-state index is 9.73. The Bertz CT molecular complexity index is 1160. The van der Waals surface area contributed by atoms with E-state index in [4.69, 9.17) is 9.72 Å². The molecular formula is C23H24N4O2. The molecule has 0 unspecified atom stereocenters. The number of piperidine rings is 1. The summed E-state index contributed by atoms with van der Waals surface area (Å²) in [6.45, 7) is 4.40. The van der Waals surface area contributed by atoms with Crippen LogP contribution in [0.3, 0.4) is 0 Å². The van der Waals surface area contributed by atoms with Crippen molar-refractivity contribution in [3.8, 4) is 11.6 Å². The maximum absolute atomic E-state index is 9.73. The van der Waals surface area contributed by atoms with E-state index in [0.29, 0.717) is 6.61 Å². The van der Waals surface area contributed by atoms with Crippen LogP contribution in [0, 0.1) is 0 Å². The lowest BCUT2D eigenvalue weighted by Crippen LogP contribution is -2.35. The second-order valence-corrected chi connectivity index (χ2v) is 7.46. The molecule has 3 heterocycles. The SMILES string of the molecule is CCOc1ccc2c(c1)ncn2-c1ccc2cc(N3CCC(O)CC3)ccc2n1. The quantitative estimate of drug-likeness (QED) is 0.574. The molecule has 0 radical (unpaired) electrons. The van der Waals surface area contributed by atoms with Crippen LogP contribution < -0.4 is 9.64 Å². The number of pyridine rings is 1. The monoisotopic (exact) mass is 388 g/mol. The number of aliphatic hydroxyl groups excluding tert-OH is 1. The summed E-state index contributed by atoms with van der Waals surface area (Å²) in [5.74, 6) is 1.67. The molecular weight excluding hydrogens is 364 g/mol. The van der Waals surface area contributed by atoms with Crippen LogP contribution in [0.2, 0.25) is 0 Å². The van der Waals surface area contributed by atoms with Crippen LogP contribution in [0.1, 0.15) is 19.8 Å². The summed E-state index contributed by atoms with van der Waals surface area (Å²) in [6, 6.07) is 16.5. The van der Waals surface area contributed by atoms with Crippen molar-refractivity contribution in [3.63, 3.8) is 0 Å². The molecule has 2 aromatic heterocycles. The van der Waals surface area contributed by atoms with Gasteiger partial charge in [0.05, 0.1) is 29.3 Å². The highest BCUT2D eigenvalue weighted by atomic mass is 16.5. The Kier molecular flexibility index (Phi) is 4.56. The van der Waals surface area contributed by atoms with Crippen LogP contribution in [0.4, 0.5) is 5.69 Å². The number of aromatic nitrogens is 3. The van der Waals surface area contributed by atoms with Crippen LogP contribution in [-0.4, -0.2) is 45.4 Å². The van der Waals surface area contributed by atoms with E-state index >= 15 is 0 Å². The predicted octanol–water partition coefficient (Wildman–Crippen LogP) is 3.93. The highest BCUT2D eigenvalue weighted by Crippen LogP contribution is 2.27. The smallest absolute Gasteiger partial charge is 0.139 e. The van der Waals surface area contributed by atoms with Gasteiger partial charge in [-0.3, -0.25) is 4.57 Å². The van der Waals surface area contributed by atoms with E-state index < -0.39 is 0 Å². The molecule has 0 saturated carbocycles. The lowest BCUT2D eigenvalue weighted by molar-refractivity contribution is 0.145. The number of benzene rings is 2. The summed E-state index contributed by atoms with van der Waals surface area (Å²) < 4.78 is 7.58. The number of ether oxygens (including phenoxy) is 1. The second-order valence-electron chi connectivity index (χ2n) is 7.46. The Morgan fingerprint density at radius 1 is 1.03 bits per heavy atom. The number of hydrogen-bond donors (Lipinski definition) is 1. The maximum Gasteiger partial charge on any atom is 0.139 e. The Balaban J connectivity index is 1.47. The van der Waals surface area contributed by atoms with Gasteiger partial charge in [-0.05, 0) is 62.2 Å². The van der Waals surface area contributed by atoms with Crippen molar-refractivity contribution in [1.29, 1.82) is 0 Å². The third kappa shape index (κ3) is 3.40. The van der Waals surface area contributed by atoms with Crippen molar-refractivity contribution in [2.45, 2.75) is 25.9 Å². The molecule has 2 aromatic carbocycles. The summed E-state index contributed by atoms with van der Waals surface area (Å²) in [7, 11) is 0. The molecule has 4 aromatic rings. The molecule has 1 aliphatic heterocycles. The summed E-state index contributed by atoms with van der Waals surface area (Å²) in [4.78, 5) is 11.7. The number of fused-ring (bicyclic) bond motifs is 2. The van der Waals surface area contributed by atoms with Gasteiger partial charge in [0.25, 0.3) is 0 Å². The number of imidazole rings is 1. The van der Waals surface area contributed by atoms with E-state index in [0.717, 1.165) is 59.4 Å². The minimum Gasteiger partial charge on any atom is -0.494 e. The van der Waals surface area contributed by atoms with Gasteiger partial charge in [-0.2, -0.15) is 0 Å². The van der Waals surface area contributed by atoms with Gasteiger partial charge in [0, 0.05) is 30.2 Å². The fourth-order valence-corrected chi connectivity index (χ4v) is 3.99. The van der Waals surface area contributed by atoms with E-state index in [1.165, 1.54) is 5.69 Å². The standard InChI is InChI=1S/C23H24N4O2/c1-2-29-19-5-7-22-21(14-19)24-15-27(22)23-8-3-16-13-17(4-6-20(16)25-23)26-11-9-18(28)10-12-26/h3-8,13-15,18,28H,2,9-12H2,1H3. The van der Waals surface area contributed by atoms with Crippen molar-refractivity contribution in [2.24, 2.45) is 0 Å². The van der Waals surface area contributed by atoms with E-state index in [1.54, 1.807) is 0 Å². The van der Waals surface area contributed by atoms with Crippen LogP contribution >= 0.6 is 0 Å². The van der Waals surface area contributed by atoms with Gasteiger partial charge >= 0.3 is 0 Å². The highest BCUT2D eigenvalue weighted by molar-refractivity contribution is 5.84. The molecule has 0 amide bonds. The zero-order chi connectivity index (χ0) is 19.8. The lowest BCUT2D eigenvalue weighted by Gasteiger charge is -2.31. The Labute approximate surface area is 169 Å². The van der Waals surface area contributed by atoms with Crippen LogP contribution in [0.5, 0.6) is 5.75 Å². The third-order valence-electron chi connectivity index (χ3n) is 5.56. The van der Waals surface area contributed by atoms with Gasteiger partial charge in [0.2, 0.25) is 0 Å². The van der Waals surface area contributed by atoms with E-state index in [1.807, 2.05) is 42.1 Å². The average molecular weight is 388 g/mol. The number of anilines is 1. The minimum absolute atomic E-state index is 0.162. The Morgan fingerprint density at radius 3 is 2.72 bits per heavy atom. The highest BCUT2D eigenvalue weighted by Gasteiger charge is 2.17. The fourth-order valence-electron chi connectivity index (χ4n) is 3.99. The molecule has 148 valence electrons. The molecule has 1 N–H and O–H groups in total. The first-order valence-electron chi connectivity index (χ1n) is 10.2. The zero-order valence-corrected chi connectivity index (χ0v) is 16.5. The Morgan fingerprint density at radius 2 is 1.90 bits per heavy atom. The third-order valence-corrected chi connectivity index (χ3v) is 5.56. The molecule has 29 heavy (non-hydrogen) atoms. The average Bonchev–Trinajstić information content (AvgIpc) is 3.17. The molecule has 5 rings (SSSR count). The van der Waals surface area contributed by atoms with Crippen LogP contribution in [0.25, 0.3) is 27.8 Å². The second kappa shape index (κ2) is 7.37. The molecule has 6 nitrogen and oxygen atoms in total. The normalized spacial score (nSPS) is 15.3. The van der Waals surface area contributed by atoms with Crippen LogP contribution in [-0.2, 0) is 0 Å². The lowest BCUT2D eigenvalue weighted by atomic mass is 10.1. The molecule has 6 heteroatoms. The largest absolute Gasteiger partial charge is 0.494 e. The van der Waals surface area contributed by atoms with Gasteiger partial charge in [0.1, 0.15) is 17.9 Å². The molecule has 0 atom stereocenters. The molecule has 0 aliphatic carbocycles. The first-order chi connectivity index (χ1) is 14.2. The first-order valence-corrected chi connectivity index (χ1v) is 10.2. The van der Waals surface area contributed by atoms with Crippen molar-refractivity contribution >= 4 is 27.6 Å². The van der Waals surface area contributed by atoms with Gasteiger partial charge in [0.15, 0.2) is 0 Å². The molecule has 1 fully saturated rings. The van der Waals surface area contributed by atoms with Crippen molar-refractivity contribution in [3.05, 3.63) is 54.9 Å². The van der Waals surface area contributed by atoms with Crippen molar-refractivity contribution in [1.82, 2.24) is 14.5 Å². The summed E-state index contributed by atoms with van der Waals surface area (Å²) >= 11 is 0. The van der Waals surface area contributed by atoms with Gasteiger partial charge < -0.3 is 14.7 Å². The number of hydrogen-bond acceptors (Lipinski definition) is 5. The molecule has 1 aliphatic rings. The van der Waals surface area contributed by atoms with Crippen LogP contribution in [0.15, 0.2) is 54.9 Å². The molecule has 0 bridgehead atoms. The summed E-state index contributed by atoms with van der Waals surface area (Å²) in [5.41, 5.74) is 4.04. The molecule has 1 saturated heterocycles.